The molecule has 2 N–H and O–H groups in total. The third kappa shape index (κ3) is 4.36. The Labute approximate surface area is 174 Å². The maximum absolute atomic E-state index is 13.3. The third-order valence-corrected chi connectivity index (χ3v) is 4.87. The molecule has 7 heteroatoms. The van der Waals surface area contributed by atoms with E-state index in [1.54, 1.807) is 24.3 Å². The van der Waals surface area contributed by atoms with Gasteiger partial charge in [-0.25, -0.2) is 4.39 Å². The van der Waals surface area contributed by atoms with Crippen molar-refractivity contribution >= 4 is 17.4 Å². The van der Waals surface area contributed by atoms with E-state index in [1.807, 2.05) is 6.92 Å². The molecule has 0 radical (unpaired) electrons. The molecule has 1 heterocycles. The van der Waals surface area contributed by atoms with Crippen LogP contribution in [0.5, 0.6) is 5.75 Å². The minimum atomic E-state index is -0.781. The highest BCUT2D eigenvalue weighted by Crippen LogP contribution is 2.40. The normalized spacial score (nSPS) is 18.1. The monoisotopic (exact) mass is 413 g/mol. The number of aliphatic hydroxyl groups excluding tert-OH is 2. The first-order chi connectivity index (χ1) is 14.5. The topological polar surface area (TPSA) is 87.1 Å². The fourth-order valence-corrected chi connectivity index (χ4v) is 3.49. The van der Waals surface area contributed by atoms with E-state index >= 15 is 0 Å². The van der Waals surface area contributed by atoms with Gasteiger partial charge in [0.25, 0.3) is 11.7 Å². The molecule has 0 spiro atoms. The first-order valence-corrected chi connectivity index (χ1v) is 9.86. The fourth-order valence-electron chi connectivity index (χ4n) is 3.49. The van der Waals surface area contributed by atoms with Gasteiger partial charge in [0.2, 0.25) is 0 Å². The Hall–Kier alpha value is -3.19. The van der Waals surface area contributed by atoms with Crippen LogP contribution in [0, 0.1) is 5.82 Å². The molecule has 1 atom stereocenters. The van der Waals surface area contributed by atoms with Gasteiger partial charge in [-0.15, -0.1) is 0 Å². The van der Waals surface area contributed by atoms with Crippen LogP contribution in [0.3, 0.4) is 0 Å². The number of aliphatic hydroxyl groups is 2. The Balaban J connectivity index is 2.08. The zero-order valence-electron chi connectivity index (χ0n) is 16.7. The van der Waals surface area contributed by atoms with Gasteiger partial charge in [-0.2, -0.15) is 0 Å². The van der Waals surface area contributed by atoms with E-state index in [1.165, 1.54) is 29.2 Å². The summed E-state index contributed by atoms with van der Waals surface area (Å²) in [6, 6.07) is 11.3. The second-order valence-corrected chi connectivity index (χ2v) is 7.00. The second kappa shape index (κ2) is 9.54. The van der Waals surface area contributed by atoms with E-state index in [0.29, 0.717) is 37.3 Å². The van der Waals surface area contributed by atoms with Gasteiger partial charge in [0.05, 0.1) is 18.2 Å². The minimum absolute atomic E-state index is 0.00796. The summed E-state index contributed by atoms with van der Waals surface area (Å²) < 4.78 is 18.9. The summed E-state index contributed by atoms with van der Waals surface area (Å²) >= 11 is 0. The highest BCUT2D eigenvalue weighted by atomic mass is 19.1. The van der Waals surface area contributed by atoms with Crippen LogP contribution < -0.4 is 4.74 Å². The van der Waals surface area contributed by atoms with Gasteiger partial charge in [-0.3, -0.25) is 9.59 Å². The first kappa shape index (κ1) is 21.5. The van der Waals surface area contributed by atoms with Crippen molar-refractivity contribution in [1.29, 1.82) is 0 Å². The largest absolute Gasteiger partial charge is 0.507 e. The average Bonchev–Trinajstić information content (AvgIpc) is 2.99. The number of nitrogens with zero attached hydrogens (tertiary/aromatic N) is 1. The molecule has 30 heavy (non-hydrogen) atoms. The number of amides is 1. The molecule has 2 aromatic rings. The van der Waals surface area contributed by atoms with Crippen LogP contribution in [0.1, 0.15) is 36.9 Å². The predicted octanol–water partition coefficient (Wildman–Crippen LogP) is 3.42. The van der Waals surface area contributed by atoms with Crippen LogP contribution in [0.25, 0.3) is 5.76 Å². The summed E-state index contributed by atoms with van der Waals surface area (Å²) in [4.78, 5) is 26.9. The lowest BCUT2D eigenvalue weighted by Crippen LogP contribution is -2.30. The molecule has 1 amide bonds. The molecular formula is C23H24FNO5. The Kier molecular flexibility index (Phi) is 6.84. The minimum Gasteiger partial charge on any atom is -0.507 e. The SMILES string of the molecule is CCCN1C(=O)C(=O)/C(=C(\O)c2ccc(F)cc2)C1c1cccc(OCCCO)c1. The highest BCUT2D eigenvalue weighted by molar-refractivity contribution is 6.46. The van der Waals surface area contributed by atoms with Crippen LogP contribution >= 0.6 is 0 Å². The molecule has 0 aliphatic carbocycles. The molecule has 0 bridgehead atoms. The molecule has 0 aromatic heterocycles. The third-order valence-electron chi connectivity index (χ3n) is 4.87. The van der Waals surface area contributed by atoms with Gasteiger partial charge in [0.1, 0.15) is 17.3 Å². The molecule has 158 valence electrons. The zero-order valence-corrected chi connectivity index (χ0v) is 16.7. The van der Waals surface area contributed by atoms with Crippen molar-refractivity contribution in [2.75, 3.05) is 19.8 Å². The van der Waals surface area contributed by atoms with E-state index < -0.39 is 23.5 Å². The lowest BCUT2D eigenvalue weighted by molar-refractivity contribution is -0.139. The molecule has 1 aliphatic rings. The number of ether oxygens (including phenoxy) is 1. The van der Waals surface area contributed by atoms with E-state index in [0.717, 1.165) is 0 Å². The summed E-state index contributed by atoms with van der Waals surface area (Å²) in [5.41, 5.74) is 0.839. The molecular weight excluding hydrogens is 389 g/mol. The molecule has 1 saturated heterocycles. The van der Waals surface area contributed by atoms with Crippen molar-refractivity contribution in [3.8, 4) is 5.75 Å². The molecule has 1 fully saturated rings. The van der Waals surface area contributed by atoms with Gasteiger partial charge >= 0.3 is 0 Å². The maximum atomic E-state index is 13.3. The van der Waals surface area contributed by atoms with Crippen molar-refractivity contribution < 1.29 is 28.9 Å². The van der Waals surface area contributed by atoms with Crippen molar-refractivity contribution in [1.82, 2.24) is 4.90 Å². The quantitative estimate of drug-likeness (QED) is 0.300. The van der Waals surface area contributed by atoms with E-state index in [4.69, 9.17) is 9.84 Å². The second-order valence-electron chi connectivity index (χ2n) is 7.00. The lowest BCUT2D eigenvalue weighted by Gasteiger charge is -2.25. The molecule has 1 aliphatic heterocycles. The van der Waals surface area contributed by atoms with Gasteiger partial charge in [-0.05, 0) is 48.4 Å². The molecule has 2 aromatic carbocycles. The van der Waals surface area contributed by atoms with Gasteiger partial charge in [0.15, 0.2) is 0 Å². The standard InChI is InChI=1S/C23H24FNO5/c1-2-11-25-20(16-5-3-6-18(14-16)30-13-4-12-26)19(22(28)23(25)29)21(27)15-7-9-17(24)10-8-15/h3,5-10,14,20,26-27H,2,4,11-13H2,1H3/b21-19-. The van der Waals surface area contributed by atoms with Gasteiger partial charge < -0.3 is 19.8 Å². The van der Waals surface area contributed by atoms with E-state index in [9.17, 15) is 19.1 Å². The number of rotatable bonds is 8. The number of hydrogen-bond donors (Lipinski definition) is 2. The maximum Gasteiger partial charge on any atom is 0.295 e. The Bertz CT molecular complexity index is 954. The Morgan fingerprint density at radius 2 is 1.90 bits per heavy atom. The number of Topliss-reactive ketones (excluding diaryl/α,β-unsaturated/α-hetero) is 1. The summed E-state index contributed by atoms with van der Waals surface area (Å²) in [7, 11) is 0. The van der Waals surface area contributed by atoms with E-state index in [-0.39, 0.29) is 23.5 Å². The number of halogens is 1. The van der Waals surface area contributed by atoms with Crippen molar-refractivity contribution in [3.05, 3.63) is 71.0 Å². The van der Waals surface area contributed by atoms with Crippen LogP contribution in [-0.4, -0.2) is 46.6 Å². The molecule has 1 unspecified atom stereocenters. The van der Waals surface area contributed by atoms with Gasteiger partial charge in [-0.1, -0.05) is 19.1 Å². The summed E-state index contributed by atoms with van der Waals surface area (Å²) in [6.45, 7) is 2.56. The summed E-state index contributed by atoms with van der Waals surface area (Å²) in [5.74, 6) is -1.74. The molecule has 0 saturated carbocycles. The zero-order chi connectivity index (χ0) is 21.7. The fraction of sp³-hybridized carbons (Fsp3) is 0.304. The van der Waals surface area contributed by atoms with Gasteiger partial charge in [0, 0.05) is 25.1 Å². The van der Waals surface area contributed by atoms with Crippen molar-refractivity contribution in [2.45, 2.75) is 25.8 Å². The number of benzene rings is 2. The van der Waals surface area contributed by atoms with Crippen molar-refractivity contribution in [2.24, 2.45) is 0 Å². The molecule has 6 nitrogen and oxygen atoms in total. The van der Waals surface area contributed by atoms with Crippen LogP contribution in [0.15, 0.2) is 54.1 Å². The Morgan fingerprint density at radius 3 is 2.57 bits per heavy atom. The summed E-state index contributed by atoms with van der Waals surface area (Å²) in [5, 5.41) is 19.8. The summed E-state index contributed by atoms with van der Waals surface area (Å²) in [6.07, 6.45) is 1.11. The number of likely N-dealkylation sites (tertiary alicyclic amines) is 1. The number of ketones is 1. The average molecular weight is 413 g/mol. The first-order valence-electron chi connectivity index (χ1n) is 9.86. The predicted molar refractivity (Wildman–Crippen MR) is 109 cm³/mol. The van der Waals surface area contributed by atoms with Crippen LogP contribution in [-0.2, 0) is 9.59 Å². The lowest BCUT2D eigenvalue weighted by atomic mass is 9.95. The molecule has 3 rings (SSSR count). The number of hydrogen-bond acceptors (Lipinski definition) is 5. The van der Waals surface area contributed by atoms with E-state index in [2.05, 4.69) is 0 Å². The Morgan fingerprint density at radius 1 is 1.17 bits per heavy atom. The van der Waals surface area contributed by atoms with Crippen LogP contribution in [0.4, 0.5) is 4.39 Å². The van der Waals surface area contributed by atoms with Crippen molar-refractivity contribution in [3.63, 3.8) is 0 Å². The highest BCUT2D eigenvalue weighted by Gasteiger charge is 2.45. The van der Waals surface area contributed by atoms with Crippen LogP contribution in [0.2, 0.25) is 0 Å². The smallest absolute Gasteiger partial charge is 0.295 e. The number of carbonyl (C=O) groups is 2. The number of carbonyl (C=O) groups excluding carboxylic acids is 2.